The van der Waals surface area contributed by atoms with E-state index < -0.39 is 47.1 Å². The number of amides is 1. The van der Waals surface area contributed by atoms with E-state index in [4.69, 9.17) is 26.8 Å². The number of rotatable bonds is 8. The molecule has 236 valence electrons. The molecule has 4 N–H and O–H groups in total. The van der Waals surface area contributed by atoms with Gasteiger partial charge in [0, 0.05) is 35.3 Å². The molecule has 14 heteroatoms. The lowest BCUT2D eigenvalue weighted by Crippen LogP contribution is -2.52. The lowest BCUT2D eigenvalue weighted by Gasteiger charge is -2.31. The summed E-state index contributed by atoms with van der Waals surface area (Å²) in [5.41, 5.74) is 1.54. The monoisotopic (exact) mass is 645 g/mol. The summed E-state index contributed by atoms with van der Waals surface area (Å²) in [6.45, 7) is -1.28. The van der Waals surface area contributed by atoms with Gasteiger partial charge < -0.3 is 25.6 Å². The quantitative estimate of drug-likeness (QED) is 0.228. The largest absolute Gasteiger partial charge is 0.488 e. The summed E-state index contributed by atoms with van der Waals surface area (Å²) < 4.78 is 70.0. The van der Waals surface area contributed by atoms with E-state index in [1.165, 1.54) is 12.1 Å². The van der Waals surface area contributed by atoms with E-state index in [9.17, 15) is 27.5 Å². The van der Waals surface area contributed by atoms with Crippen molar-refractivity contribution in [2.24, 2.45) is 18.7 Å². The van der Waals surface area contributed by atoms with Crippen molar-refractivity contribution < 1.29 is 36.9 Å². The smallest absolute Gasteiger partial charge is 0.414 e. The molecule has 0 bridgehead atoms. The second-order valence-electron chi connectivity index (χ2n) is 12.0. The maximum atomic E-state index is 14.3. The van der Waals surface area contributed by atoms with Crippen molar-refractivity contribution in [3.63, 3.8) is 0 Å². The van der Waals surface area contributed by atoms with Gasteiger partial charge in [0.25, 0.3) is 5.91 Å². The summed E-state index contributed by atoms with van der Waals surface area (Å²) in [6.07, 6.45) is -0.191. The van der Waals surface area contributed by atoms with Crippen molar-refractivity contribution in [1.82, 2.24) is 20.1 Å². The Morgan fingerprint density at radius 3 is 2.64 bits per heavy atom. The zero-order valence-corrected chi connectivity index (χ0v) is 24.7. The maximum absolute atomic E-state index is 14.3. The van der Waals surface area contributed by atoms with Crippen LogP contribution in [-0.2, 0) is 18.2 Å². The first kappa shape index (κ1) is 29.8. The van der Waals surface area contributed by atoms with Crippen molar-refractivity contribution in [1.29, 1.82) is 0 Å². The van der Waals surface area contributed by atoms with Crippen molar-refractivity contribution in [2.45, 2.75) is 49.1 Å². The van der Waals surface area contributed by atoms with E-state index in [0.717, 1.165) is 25.0 Å². The molecule has 2 aromatic carbocycles. The first-order valence-electron chi connectivity index (χ1n) is 14.4. The lowest BCUT2D eigenvalue weighted by molar-refractivity contribution is -0.191. The number of hydrogen-bond acceptors (Lipinski definition) is 7. The zero-order chi connectivity index (χ0) is 31.9. The predicted octanol–water partition coefficient (Wildman–Crippen LogP) is 5.11. The van der Waals surface area contributed by atoms with Gasteiger partial charge in [-0.15, -0.1) is 0 Å². The van der Waals surface area contributed by atoms with Gasteiger partial charge in [0.1, 0.15) is 35.0 Å². The second-order valence-corrected chi connectivity index (χ2v) is 12.4. The van der Waals surface area contributed by atoms with E-state index in [-0.39, 0.29) is 45.9 Å². The fraction of sp³-hybridized carbons (Fsp3) is 0.387. The molecule has 3 aliphatic rings. The summed E-state index contributed by atoms with van der Waals surface area (Å²) >= 11 is 6.00. The fourth-order valence-electron chi connectivity index (χ4n) is 5.70. The van der Waals surface area contributed by atoms with E-state index >= 15 is 0 Å². The molecule has 0 spiro atoms. The van der Waals surface area contributed by atoms with Crippen LogP contribution in [0.25, 0.3) is 22.2 Å². The van der Waals surface area contributed by atoms with Crippen molar-refractivity contribution in [3.05, 3.63) is 70.3 Å². The first-order chi connectivity index (χ1) is 21.3. The summed E-state index contributed by atoms with van der Waals surface area (Å²) in [5, 5.41) is 19.7. The third-order valence-electron chi connectivity index (χ3n) is 8.58. The molecule has 2 aliphatic carbocycles. The van der Waals surface area contributed by atoms with Crippen LogP contribution < -0.4 is 20.5 Å². The molecule has 0 radical (unpaired) electrons. The van der Waals surface area contributed by atoms with Crippen molar-refractivity contribution in [3.8, 4) is 22.8 Å². The number of pyridine rings is 1. The lowest BCUT2D eigenvalue weighted by atomic mass is 9.86. The summed E-state index contributed by atoms with van der Waals surface area (Å²) in [6, 6.07) is 7.91. The number of ether oxygens (including phenoxy) is 2. The number of aryl methyl sites for hydroxylation is 1. The molecule has 9 nitrogen and oxygen atoms in total. The van der Waals surface area contributed by atoms with Crippen molar-refractivity contribution in [2.75, 3.05) is 13.2 Å². The number of nitrogens with two attached hydrogens (primary N) is 1. The average Bonchev–Trinajstić information content (AvgIpc) is 3.92. The van der Waals surface area contributed by atoms with Gasteiger partial charge in [0.15, 0.2) is 11.3 Å². The molecule has 2 aromatic heterocycles. The Morgan fingerprint density at radius 1 is 1.22 bits per heavy atom. The molecule has 0 saturated heterocycles. The number of fused-ring (bicyclic) bond motifs is 2. The number of benzene rings is 2. The van der Waals surface area contributed by atoms with Crippen LogP contribution in [0.3, 0.4) is 0 Å². The van der Waals surface area contributed by atoms with E-state index in [1.54, 1.807) is 30.1 Å². The highest BCUT2D eigenvalue weighted by atomic mass is 35.5. The Labute approximate surface area is 259 Å². The summed E-state index contributed by atoms with van der Waals surface area (Å²) in [4.78, 5) is 18.0. The Balaban J connectivity index is 1.27. The Kier molecular flexibility index (Phi) is 6.81. The van der Waals surface area contributed by atoms with Crippen LogP contribution >= 0.6 is 11.6 Å². The van der Waals surface area contributed by atoms with Crippen LogP contribution in [0.4, 0.5) is 17.6 Å². The summed E-state index contributed by atoms with van der Waals surface area (Å²) in [7, 11) is 1.76. The molecule has 0 unspecified atom stereocenters. The van der Waals surface area contributed by atoms with Gasteiger partial charge in [-0.3, -0.25) is 9.48 Å². The third-order valence-corrected chi connectivity index (χ3v) is 8.87. The molecular formula is C31H28ClF4N5O4. The van der Waals surface area contributed by atoms with Crippen LogP contribution in [0, 0.1) is 11.7 Å². The van der Waals surface area contributed by atoms with Gasteiger partial charge in [-0.05, 0) is 68.0 Å². The highest BCUT2D eigenvalue weighted by Crippen LogP contribution is 2.52. The number of alkyl halides is 3. The number of nitrogens with zero attached hydrogens (tertiary/aromatic N) is 3. The number of aromatic nitrogens is 3. The molecule has 2 fully saturated rings. The molecule has 45 heavy (non-hydrogen) atoms. The number of carbonyl (C=O) groups excluding carboxylic acids is 1. The van der Waals surface area contributed by atoms with Crippen LogP contribution in [0.15, 0.2) is 42.6 Å². The normalized spacial score (nSPS) is 20.9. The number of nitrogens with one attached hydrogen (secondary N) is 1. The molecule has 4 aromatic rings. The Morgan fingerprint density at radius 2 is 1.98 bits per heavy atom. The number of carbonyl (C=O) groups is 1. The predicted molar refractivity (Wildman–Crippen MR) is 155 cm³/mol. The molecule has 1 aliphatic heterocycles. The van der Waals surface area contributed by atoms with E-state index in [0.29, 0.717) is 29.5 Å². The molecular weight excluding hydrogens is 618 g/mol. The van der Waals surface area contributed by atoms with Gasteiger partial charge in [0.05, 0.1) is 23.4 Å². The van der Waals surface area contributed by atoms with Gasteiger partial charge >= 0.3 is 6.18 Å². The first-order valence-corrected chi connectivity index (χ1v) is 14.8. The number of hydrogen-bond donors (Lipinski definition) is 3. The second kappa shape index (κ2) is 10.3. The standard InChI is InChI=1S/C31H28ClF4N5O4/c1-41-12-17-8-16(10-23(25(17)40-41)45-19-5-6-19)28(42)38-13-29(43,18-3-4-18)24-11-20-27(44-14-30(20,37)31(34,35)36)26(39-24)15-2-7-22(33)21(32)9-15/h2,7-12,18-19,43H,3-6,13-14,37H2,1H3,(H,38,42)/t29-,30+/m1/s1. The summed E-state index contributed by atoms with van der Waals surface area (Å²) in [5.74, 6) is -1.45. The van der Waals surface area contributed by atoms with Gasteiger partial charge in [0.2, 0.25) is 0 Å². The highest BCUT2D eigenvalue weighted by Gasteiger charge is 2.59. The zero-order valence-electron chi connectivity index (χ0n) is 23.9. The Hall–Kier alpha value is -3.94. The topological polar surface area (TPSA) is 125 Å². The highest BCUT2D eigenvalue weighted by molar-refractivity contribution is 6.31. The SMILES string of the molecule is Cn1cc2cc(C(=O)NC[C@](O)(c3cc4c(c(-c5ccc(F)c(Cl)c5)n3)OC[C@@]4(N)C(F)(F)F)C3CC3)cc(OC3CC3)c2n1. The number of aliphatic hydroxyl groups is 1. The van der Waals surface area contributed by atoms with Gasteiger partial charge in [-0.25, -0.2) is 9.37 Å². The third kappa shape index (κ3) is 5.16. The minimum Gasteiger partial charge on any atom is -0.488 e. The molecule has 1 amide bonds. The number of halogens is 5. The van der Waals surface area contributed by atoms with Crippen LogP contribution in [0.1, 0.15) is 47.3 Å². The van der Waals surface area contributed by atoms with Crippen molar-refractivity contribution >= 4 is 28.4 Å². The fourth-order valence-corrected chi connectivity index (χ4v) is 5.88. The molecule has 3 heterocycles. The van der Waals surface area contributed by atoms with E-state index in [1.807, 2.05) is 0 Å². The van der Waals surface area contributed by atoms with Crippen LogP contribution in [0.2, 0.25) is 5.02 Å². The minimum absolute atomic E-state index is 0.0554. The van der Waals surface area contributed by atoms with Crippen LogP contribution in [-0.4, -0.2) is 51.2 Å². The van der Waals surface area contributed by atoms with Crippen LogP contribution in [0.5, 0.6) is 11.5 Å². The minimum atomic E-state index is -4.91. The van der Waals surface area contributed by atoms with Gasteiger partial charge in [-0.1, -0.05) is 11.6 Å². The molecule has 7 rings (SSSR count). The molecule has 2 saturated carbocycles. The average molecular weight is 646 g/mol. The maximum Gasteiger partial charge on any atom is 0.414 e. The Bertz CT molecular complexity index is 1860. The van der Waals surface area contributed by atoms with E-state index in [2.05, 4.69) is 15.4 Å². The van der Waals surface area contributed by atoms with Gasteiger partial charge in [-0.2, -0.15) is 18.3 Å². The molecule has 2 atom stereocenters.